The van der Waals surface area contributed by atoms with E-state index in [2.05, 4.69) is 20.4 Å². The third-order valence-electron chi connectivity index (χ3n) is 4.05. The maximum absolute atomic E-state index is 13.5. The molecular formula is C20H33FIN3O2S. The summed E-state index contributed by atoms with van der Waals surface area (Å²) in [6.45, 7) is 4.16. The number of aliphatic imine (C=N–C) groups is 1. The van der Waals surface area contributed by atoms with Crippen LogP contribution in [0, 0.1) is 5.82 Å². The number of hydrogen-bond acceptors (Lipinski definition) is 4. The second-order valence-corrected chi connectivity index (χ2v) is 7.07. The molecule has 0 heterocycles. The maximum atomic E-state index is 13.5. The molecule has 2 N–H and O–H groups in total. The van der Waals surface area contributed by atoms with Crippen LogP contribution in [-0.4, -0.2) is 38.4 Å². The lowest BCUT2D eigenvalue weighted by Gasteiger charge is -2.12. The van der Waals surface area contributed by atoms with E-state index in [1.165, 1.54) is 13.2 Å². The van der Waals surface area contributed by atoms with Crippen molar-refractivity contribution in [2.45, 2.75) is 51.3 Å². The number of nitrogens with one attached hydrogen (secondary N) is 2. The first-order chi connectivity index (χ1) is 13.1. The zero-order chi connectivity index (χ0) is 19.9. The van der Waals surface area contributed by atoms with Gasteiger partial charge in [-0.3, -0.25) is 4.79 Å². The van der Waals surface area contributed by atoms with Crippen LogP contribution in [-0.2, 0) is 21.8 Å². The van der Waals surface area contributed by atoms with E-state index in [0.717, 1.165) is 61.6 Å². The van der Waals surface area contributed by atoms with Crippen molar-refractivity contribution in [3.8, 4) is 0 Å². The second kappa shape index (κ2) is 16.9. The minimum atomic E-state index is -0.205. The third kappa shape index (κ3) is 11.7. The van der Waals surface area contributed by atoms with Crippen LogP contribution in [0.3, 0.4) is 0 Å². The Bertz CT molecular complexity index is 603. The van der Waals surface area contributed by atoms with Crippen LogP contribution < -0.4 is 10.6 Å². The molecular weight excluding hydrogens is 492 g/mol. The third-order valence-corrected chi connectivity index (χ3v) is 4.65. The topological polar surface area (TPSA) is 62.7 Å². The molecule has 0 spiro atoms. The van der Waals surface area contributed by atoms with Gasteiger partial charge >= 0.3 is 5.97 Å². The number of nitrogens with zero attached hydrogens (tertiary/aromatic N) is 1. The number of benzene rings is 1. The Labute approximate surface area is 189 Å². The van der Waals surface area contributed by atoms with Gasteiger partial charge in [0.2, 0.25) is 0 Å². The normalized spacial score (nSPS) is 10.9. The molecule has 1 aromatic carbocycles. The van der Waals surface area contributed by atoms with E-state index in [-0.39, 0.29) is 35.8 Å². The van der Waals surface area contributed by atoms with Crippen LogP contribution in [0.5, 0.6) is 0 Å². The predicted octanol–water partition coefficient (Wildman–Crippen LogP) is 4.49. The first-order valence-corrected chi connectivity index (χ1v) is 10.8. The number of hydrogen-bond donors (Lipinski definition) is 2. The van der Waals surface area contributed by atoms with E-state index in [1.807, 2.05) is 19.2 Å². The predicted molar refractivity (Wildman–Crippen MR) is 127 cm³/mol. The Balaban J connectivity index is 0.00000729. The molecule has 0 bridgehead atoms. The number of guanidine groups is 1. The lowest BCUT2D eigenvalue weighted by molar-refractivity contribution is -0.140. The molecule has 1 aromatic rings. The first-order valence-electron chi connectivity index (χ1n) is 9.46. The monoisotopic (exact) mass is 525 g/mol. The van der Waals surface area contributed by atoms with Crippen molar-refractivity contribution in [2.75, 3.05) is 26.5 Å². The average Bonchev–Trinajstić information content (AvgIpc) is 2.66. The summed E-state index contributed by atoms with van der Waals surface area (Å²) >= 11 is 1.67. The van der Waals surface area contributed by atoms with Gasteiger partial charge in [-0.1, -0.05) is 18.9 Å². The lowest BCUT2D eigenvalue weighted by Crippen LogP contribution is -2.37. The van der Waals surface area contributed by atoms with Crippen molar-refractivity contribution in [3.63, 3.8) is 0 Å². The molecule has 8 heteroatoms. The molecule has 0 aliphatic heterocycles. The summed E-state index contributed by atoms with van der Waals surface area (Å²) in [4.78, 5) is 15.7. The number of halogens is 2. The van der Waals surface area contributed by atoms with Gasteiger partial charge < -0.3 is 15.4 Å². The quantitative estimate of drug-likeness (QED) is 0.139. The van der Waals surface area contributed by atoms with Gasteiger partial charge in [0.15, 0.2) is 5.96 Å². The van der Waals surface area contributed by atoms with E-state index in [9.17, 15) is 9.18 Å². The van der Waals surface area contributed by atoms with E-state index >= 15 is 0 Å². The van der Waals surface area contributed by atoms with Gasteiger partial charge in [-0.05, 0) is 49.3 Å². The fraction of sp³-hybridized carbons (Fsp3) is 0.600. The summed E-state index contributed by atoms with van der Waals surface area (Å²) in [5, 5.41) is 6.57. The molecule has 0 radical (unpaired) electrons. The molecule has 0 aliphatic carbocycles. The van der Waals surface area contributed by atoms with Crippen LogP contribution in [0.4, 0.5) is 4.39 Å². The standard InChI is InChI=1S/C20H32FN3O2S.HI/c1-4-22-20(23-12-8-6-5-7-9-19(25)26-2)24-14-16-10-11-18(21)13-17(16)15-27-3;/h10-11,13H,4-9,12,14-15H2,1-3H3,(H2,22,23,24);1H. The molecule has 5 nitrogen and oxygen atoms in total. The molecule has 28 heavy (non-hydrogen) atoms. The molecule has 0 unspecified atom stereocenters. The smallest absolute Gasteiger partial charge is 0.305 e. The second-order valence-electron chi connectivity index (χ2n) is 6.21. The van der Waals surface area contributed by atoms with E-state index in [4.69, 9.17) is 0 Å². The summed E-state index contributed by atoms with van der Waals surface area (Å²) in [7, 11) is 1.42. The number of ether oxygens (including phenoxy) is 1. The largest absolute Gasteiger partial charge is 0.469 e. The molecule has 0 aliphatic rings. The Hall–Kier alpha value is -1.03. The number of methoxy groups -OCH3 is 1. The number of thioether (sulfide) groups is 1. The van der Waals surface area contributed by atoms with Gasteiger partial charge in [-0.15, -0.1) is 24.0 Å². The van der Waals surface area contributed by atoms with Crippen molar-refractivity contribution in [1.82, 2.24) is 10.6 Å². The Morgan fingerprint density at radius 1 is 1.18 bits per heavy atom. The Kier molecular flexibility index (Phi) is 16.3. The van der Waals surface area contributed by atoms with Gasteiger partial charge in [-0.25, -0.2) is 9.38 Å². The molecule has 0 aromatic heterocycles. The number of unbranched alkanes of at least 4 members (excludes halogenated alkanes) is 3. The highest BCUT2D eigenvalue weighted by molar-refractivity contribution is 14.0. The maximum Gasteiger partial charge on any atom is 0.305 e. The van der Waals surface area contributed by atoms with Crippen LogP contribution in [0.25, 0.3) is 0 Å². The highest BCUT2D eigenvalue weighted by Crippen LogP contribution is 2.17. The van der Waals surface area contributed by atoms with E-state index < -0.39 is 0 Å². The number of carbonyl (C=O) groups excluding carboxylic acids is 1. The molecule has 160 valence electrons. The van der Waals surface area contributed by atoms with Crippen molar-refractivity contribution in [2.24, 2.45) is 4.99 Å². The highest BCUT2D eigenvalue weighted by atomic mass is 127. The summed E-state index contributed by atoms with van der Waals surface area (Å²) in [5.41, 5.74) is 2.04. The summed E-state index contributed by atoms with van der Waals surface area (Å²) in [6, 6.07) is 4.90. The Morgan fingerprint density at radius 2 is 1.93 bits per heavy atom. The average molecular weight is 525 g/mol. The summed E-state index contributed by atoms with van der Waals surface area (Å²) in [5.74, 6) is 1.20. The zero-order valence-electron chi connectivity index (χ0n) is 17.1. The zero-order valence-corrected chi connectivity index (χ0v) is 20.2. The van der Waals surface area contributed by atoms with Gasteiger partial charge in [0.25, 0.3) is 0 Å². The molecule has 0 saturated carbocycles. The first kappa shape index (κ1) is 27.0. The number of carbonyl (C=O) groups is 1. The van der Waals surface area contributed by atoms with Gasteiger partial charge in [-0.2, -0.15) is 11.8 Å². The van der Waals surface area contributed by atoms with Gasteiger partial charge in [0.05, 0.1) is 13.7 Å². The Morgan fingerprint density at radius 3 is 2.61 bits per heavy atom. The lowest BCUT2D eigenvalue weighted by atomic mass is 10.1. The highest BCUT2D eigenvalue weighted by Gasteiger charge is 2.05. The van der Waals surface area contributed by atoms with Gasteiger partial charge in [0.1, 0.15) is 5.82 Å². The fourth-order valence-electron chi connectivity index (χ4n) is 2.60. The minimum absolute atomic E-state index is 0. The van der Waals surface area contributed by atoms with Crippen molar-refractivity contribution >= 4 is 47.7 Å². The number of esters is 1. The molecule has 1 rings (SSSR count). The van der Waals surface area contributed by atoms with Crippen LogP contribution in [0.15, 0.2) is 23.2 Å². The van der Waals surface area contributed by atoms with Crippen molar-refractivity contribution in [3.05, 3.63) is 35.1 Å². The molecule has 0 fully saturated rings. The van der Waals surface area contributed by atoms with Gasteiger partial charge in [0, 0.05) is 25.3 Å². The molecule has 0 saturated heterocycles. The minimum Gasteiger partial charge on any atom is -0.469 e. The van der Waals surface area contributed by atoms with E-state index in [0.29, 0.717) is 13.0 Å². The van der Waals surface area contributed by atoms with Crippen molar-refractivity contribution in [1.29, 1.82) is 0 Å². The van der Waals surface area contributed by atoms with Crippen molar-refractivity contribution < 1.29 is 13.9 Å². The van der Waals surface area contributed by atoms with Crippen LogP contribution >= 0.6 is 35.7 Å². The van der Waals surface area contributed by atoms with Crippen LogP contribution in [0.1, 0.15) is 50.2 Å². The fourth-order valence-corrected chi connectivity index (χ4v) is 3.18. The number of rotatable bonds is 12. The molecule has 0 atom stereocenters. The summed E-state index contributed by atoms with van der Waals surface area (Å²) < 4.78 is 18.1. The van der Waals surface area contributed by atoms with Crippen LogP contribution in [0.2, 0.25) is 0 Å². The molecule has 0 amide bonds. The van der Waals surface area contributed by atoms with E-state index in [1.54, 1.807) is 17.8 Å². The summed E-state index contributed by atoms with van der Waals surface area (Å²) in [6.07, 6.45) is 6.44. The SMILES string of the molecule is CCNC(=NCc1ccc(F)cc1CSC)NCCCCCCC(=O)OC.I.